The lowest BCUT2D eigenvalue weighted by Gasteiger charge is -2.54. The normalized spacial score (nSPS) is 41.8. The maximum Gasteiger partial charge on any atom is 0.366 e. The third-order valence-corrected chi connectivity index (χ3v) is 11.7. The number of aliphatic hydroxyl groups excluding tert-OH is 1. The van der Waals surface area contributed by atoms with Gasteiger partial charge in [0.15, 0.2) is 25.2 Å². The van der Waals surface area contributed by atoms with Gasteiger partial charge in [-0.25, -0.2) is 4.79 Å². The lowest BCUT2D eigenvalue weighted by atomic mass is 9.76. The van der Waals surface area contributed by atoms with E-state index in [0.717, 1.165) is 5.56 Å². The molecule has 1 N–H and O–H groups in total. The van der Waals surface area contributed by atoms with Gasteiger partial charge < -0.3 is 66.7 Å². The molecule has 320 valence electrons. The minimum absolute atomic E-state index is 0.0213. The highest BCUT2D eigenvalue weighted by Crippen LogP contribution is 2.46. The fourth-order valence-corrected chi connectivity index (χ4v) is 8.49. The number of rotatable bonds is 12. The van der Waals surface area contributed by atoms with Crippen LogP contribution in [0.25, 0.3) is 0 Å². The molecular weight excluding hydrogens is 752 g/mol. The van der Waals surface area contributed by atoms with E-state index in [4.69, 9.17) is 61.6 Å². The quantitative estimate of drug-likeness (QED) is 0.239. The van der Waals surface area contributed by atoms with Crippen molar-refractivity contribution in [3.8, 4) is 0 Å². The summed E-state index contributed by atoms with van der Waals surface area (Å²) < 4.78 is 79.2. The number of aliphatic hydroxyl groups is 1. The molecule has 0 spiro atoms. The van der Waals surface area contributed by atoms with Gasteiger partial charge in [-0.3, -0.25) is 9.59 Å². The zero-order chi connectivity index (χ0) is 41.2. The van der Waals surface area contributed by atoms with Crippen LogP contribution in [0.3, 0.4) is 0 Å². The van der Waals surface area contributed by atoms with Gasteiger partial charge in [0, 0.05) is 44.8 Å². The molecule has 1 aromatic rings. The average Bonchev–Trinajstić information content (AvgIpc) is 3.19. The van der Waals surface area contributed by atoms with Crippen LogP contribution < -0.4 is 0 Å². The van der Waals surface area contributed by atoms with Gasteiger partial charge in [-0.05, 0) is 18.8 Å². The molecule has 0 saturated carbocycles. The maximum atomic E-state index is 14.1. The standard InChI is InChI=1S/C40H58O17/c1-19-15-40(39(44)46-9,56-31(20(19)2)21(3)27(50-24(6)42)16-47-23(5)41)57-35-30(43)38(53-29-18-49-37(55-34(29)35)26-13-11-10-12-14-26)54-32-22(4)36(45-8)52-28-17-48-25(7)51-33(28)32/h10-14,19-22,25,27-38,43H,15-18H2,1-9H3/t19?,20-,21-,22?,25?,27-,28?,29?,30?,31?,32?,33+,34+,35?,36+,37?,38+,40+/m1/s1. The van der Waals surface area contributed by atoms with E-state index in [2.05, 4.69) is 0 Å². The maximum absolute atomic E-state index is 14.1. The summed E-state index contributed by atoms with van der Waals surface area (Å²) in [6, 6.07) is 9.27. The molecule has 0 bridgehead atoms. The largest absolute Gasteiger partial charge is 0.465 e. The lowest BCUT2D eigenvalue weighted by Crippen LogP contribution is -2.68. The van der Waals surface area contributed by atoms with Gasteiger partial charge in [-0.1, -0.05) is 58.0 Å². The zero-order valence-corrected chi connectivity index (χ0v) is 34.0. The molecule has 5 aliphatic heterocycles. The molecule has 57 heavy (non-hydrogen) atoms. The fraction of sp³-hybridized carbons (Fsp3) is 0.775. The summed E-state index contributed by atoms with van der Waals surface area (Å²) in [4.78, 5) is 38.1. The van der Waals surface area contributed by atoms with Gasteiger partial charge in [-0.2, -0.15) is 0 Å². The predicted molar refractivity (Wildman–Crippen MR) is 193 cm³/mol. The van der Waals surface area contributed by atoms with Crippen LogP contribution in [0.5, 0.6) is 0 Å². The SMILES string of the molecule is COC(=O)[C@@]1(OC2C(O)[C@H](OC3C(C)[C@@H](OC)OC4COC(C)O[C@@H]43)OC3COC(c4ccccc4)O[C@@H]32)CC(C)[C@@H](C)C([C@H](C)[C@@H](COC(C)=O)OC(C)=O)O1. The second-order valence-corrected chi connectivity index (χ2v) is 15.7. The first-order chi connectivity index (χ1) is 27.2. The Hall–Kier alpha value is -2.81. The number of benzene rings is 1. The molecule has 10 unspecified atom stereocenters. The van der Waals surface area contributed by atoms with Crippen LogP contribution >= 0.6 is 0 Å². The highest BCUT2D eigenvalue weighted by molar-refractivity contribution is 5.78. The summed E-state index contributed by atoms with van der Waals surface area (Å²) >= 11 is 0. The van der Waals surface area contributed by atoms with Crippen molar-refractivity contribution in [1.82, 2.24) is 0 Å². The zero-order valence-electron chi connectivity index (χ0n) is 34.0. The Morgan fingerprint density at radius 3 is 2.18 bits per heavy atom. The predicted octanol–water partition coefficient (Wildman–Crippen LogP) is 2.79. The number of ether oxygens (including phenoxy) is 13. The number of carbonyl (C=O) groups excluding carboxylic acids is 3. The lowest BCUT2D eigenvalue weighted by molar-refractivity contribution is -0.415. The first-order valence-corrected chi connectivity index (χ1v) is 19.7. The van der Waals surface area contributed by atoms with Crippen LogP contribution in [0.2, 0.25) is 0 Å². The molecule has 0 aromatic heterocycles. The molecule has 1 aromatic carbocycles. The molecule has 5 saturated heterocycles. The molecule has 0 radical (unpaired) electrons. The Balaban J connectivity index is 1.34. The Morgan fingerprint density at radius 2 is 1.53 bits per heavy atom. The summed E-state index contributed by atoms with van der Waals surface area (Å²) in [5.74, 6) is -5.52. The molecule has 18 atom stereocenters. The fourth-order valence-electron chi connectivity index (χ4n) is 8.49. The summed E-state index contributed by atoms with van der Waals surface area (Å²) in [7, 11) is 2.75. The van der Waals surface area contributed by atoms with Gasteiger partial charge in [0.2, 0.25) is 0 Å². The van der Waals surface area contributed by atoms with Gasteiger partial charge >= 0.3 is 17.9 Å². The smallest absolute Gasteiger partial charge is 0.366 e. The van der Waals surface area contributed by atoms with Gasteiger partial charge in [0.25, 0.3) is 5.79 Å². The topological polar surface area (TPSA) is 191 Å². The van der Waals surface area contributed by atoms with Crippen molar-refractivity contribution in [1.29, 1.82) is 0 Å². The van der Waals surface area contributed by atoms with E-state index in [1.54, 1.807) is 13.8 Å². The number of methoxy groups -OCH3 is 2. The van der Waals surface area contributed by atoms with Crippen LogP contribution in [0, 0.1) is 23.7 Å². The Bertz CT molecular complexity index is 1510. The molecule has 0 aliphatic carbocycles. The van der Waals surface area contributed by atoms with Gasteiger partial charge in [0.05, 0.1) is 32.5 Å². The molecule has 5 aliphatic rings. The van der Waals surface area contributed by atoms with Crippen molar-refractivity contribution in [3.05, 3.63) is 35.9 Å². The van der Waals surface area contributed by atoms with E-state index in [1.165, 1.54) is 28.1 Å². The first kappa shape index (κ1) is 43.8. The highest BCUT2D eigenvalue weighted by atomic mass is 16.8. The molecule has 6 rings (SSSR count). The van der Waals surface area contributed by atoms with E-state index >= 15 is 0 Å². The Labute approximate surface area is 333 Å². The Morgan fingerprint density at radius 1 is 0.860 bits per heavy atom. The third kappa shape index (κ3) is 9.49. The summed E-state index contributed by atoms with van der Waals surface area (Å²) in [5, 5.41) is 12.4. The van der Waals surface area contributed by atoms with Gasteiger partial charge in [-0.15, -0.1) is 0 Å². The van der Waals surface area contributed by atoms with Crippen molar-refractivity contribution in [2.75, 3.05) is 34.0 Å². The van der Waals surface area contributed by atoms with Crippen LogP contribution in [0.4, 0.5) is 0 Å². The monoisotopic (exact) mass is 810 g/mol. The van der Waals surface area contributed by atoms with Crippen LogP contribution in [0.1, 0.15) is 66.7 Å². The molecule has 5 heterocycles. The van der Waals surface area contributed by atoms with E-state index in [1.807, 2.05) is 51.1 Å². The van der Waals surface area contributed by atoms with Crippen LogP contribution in [-0.4, -0.2) is 137 Å². The van der Waals surface area contributed by atoms with E-state index in [9.17, 15) is 19.5 Å². The average molecular weight is 811 g/mol. The minimum Gasteiger partial charge on any atom is -0.465 e. The Kier molecular flexibility index (Phi) is 14.3. The number of esters is 3. The van der Waals surface area contributed by atoms with Crippen molar-refractivity contribution in [2.45, 2.75) is 141 Å². The van der Waals surface area contributed by atoms with Crippen molar-refractivity contribution >= 4 is 17.9 Å². The van der Waals surface area contributed by atoms with E-state index in [-0.39, 0.29) is 44.0 Å². The molecule has 17 nitrogen and oxygen atoms in total. The van der Waals surface area contributed by atoms with Crippen LogP contribution in [0.15, 0.2) is 30.3 Å². The summed E-state index contributed by atoms with van der Waals surface area (Å²) in [6.45, 7) is 11.9. The van der Waals surface area contributed by atoms with Crippen molar-refractivity contribution < 1.29 is 81.1 Å². The molecule has 0 amide bonds. The minimum atomic E-state index is -2.10. The molecule has 5 fully saturated rings. The van der Waals surface area contributed by atoms with Gasteiger partial charge in [0.1, 0.15) is 49.3 Å². The number of fused-ring (bicyclic) bond motifs is 2. The molecular formula is C40H58O17. The number of hydrogen-bond acceptors (Lipinski definition) is 17. The summed E-state index contributed by atoms with van der Waals surface area (Å²) in [5.41, 5.74) is 0.721. The van der Waals surface area contributed by atoms with Crippen molar-refractivity contribution in [3.63, 3.8) is 0 Å². The van der Waals surface area contributed by atoms with E-state index in [0.29, 0.717) is 0 Å². The highest BCUT2D eigenvalue weighted by Gasteiger charge is 2.60. The van der Waals surface area contributed by atoms with Crippen molar-refractivity contribution in [2.24, 2.45) is 23.7 Å². The third-order valence-electron chi connectivity index (χ3n) is 11.7. The first-order valence-electron chi connectivity index (χ1n) is 19.7. The van der Waals surface area contributed by atoms with E-state index < -0.39 is 110 Å². The number of hydrogen-bond donors (Lipinski definition) is 1. The second kappa shape index (κ2) is 18.6. The second-order valence-electron chi connectivity index (χ2n) is 15.7. The molecule has 17 heteroatoms. The number of carbonyl (C=O) groups is 3. The van der Waals surface area contributed by atoms with Crippen LogP contribution in [-0.2, 0) is 76.0 Å². The summed E-state index contributed by atoms with van der Waals surface area (Å²) in [6.07, 6.45) is -11.7.